The van der Waals surface area contributed by atoms with E-state index >= 15 is 0 Å². The van der Waals surface area contributed by atoms with E-state index in [1.165, 1.54) is 0 Å². The second-order valence-corrected chi connectivity index (χ2v) is 10.1. The van der Waals surface area contributed by atoms with Crippen LogP contribution < -0.4 is 10.6 Å². The van der Waals surface area contributed by atoms with Crippen LogP contribution in [-0.4, -0.2) is 53.5 Å². The molecule has 0 radical (unpaired) electrons. The normalized spacial score (nSPS) is 27.0. The Morgan fingerprint density at radius 1 is 1.06 bits per heavy atom. The van der Waals surface area contributed by atoms with Crippen LogP contribution in [0.5, 0.6) is 0 Å². The molecule has 2 aromatic carbocycles. The maximum absolute atomic E-state index is 14.0. The number of fused-ring (bicyclic) bond motifs is 2. The zero-order chi connectivity index (χ0) is 26.0. The lowest BCUT2D eigenvalue weighted by molar-refractivity contribution is -0.143. The zero-order valence-corrected chi connectivity index (χ0v) is 21.5. The number of benzene rings is 2. The Morgan fingerprint density at radius 2 is 1.78 bits per heavy atom. The van der Waals surface area contributed by atoms with Gasteiger partial charge in [0.25, 0.3) is 0 Å². The number of likely N-dealkylation sites (tertiary alicyclic amines) is 1. The number of rotatable bonds is 8. The van der Waals surface area contributed by atoms with Gasteiger partial charge in [0.05, 0.1) is 24.5 Å². The van der Waals surface area contributed by atoms with Crippen molar-refractivity contribution in [3.8, 4) is 0 Å². The van der Waals surface area contributed by atoms with Gasteiger partial charge in [-0.3, -0.25) is 14.4 Å². The Hall–Kier alpha value is -3.19. The van der Waals surface area contributed by atoms with Crippen LogP contribution in [0.25, 0.3) is 10.8 Å². The molecule has 0 aromatic heterocycles. The van der Waals surface area contributed by atoms with E-state index in [-0.39, 0.29) is 36.2 Å². The minimum Gasteiger partial charge on any atom is -0.394 e. The molecule has 192 valence electrons. The summed E-state index contributed by atoms with van der Waals surface area (Å²) in [5.41, 5.74) is 0.646. The highest BCUT2D eigenvalue weighted by molar-refractivity contribution is 6.03. The molecule has 7 atom stereocenters. The highest BCUT2D eigenvalue weighted by atomic mass is 16.3. The summed E-state index contributed by atoms with van der Waals surface area (Å²) in [6.07, 6.45) is 5.40. The Bertz CT molecular complexity index is 1160. The summed E-state index contributed by atoms with van der Waals surface area (Å²) in [5, 5.41) is 18.2. The van der Waals surface area contributed by atoms with E-state index in [0.717, 1.165) is 17.2 Å². The van der Waals surface area contributed by atoms with Gasteiger partial charge in [0.2, 0.25) is 17.7 Å². The molecule has 2 aliphatic rings. The molecule has 0 bridgehead atoms. The third-order valence-electron chi connectivity index (χ3n) is 8.20. The second-order valence-electron chi connectivity index (χ2n) is 10.1. The van der Waals surface area contributed by atoms with Crippen LogP contribution in [0.4, 0.5) is 5.69 Å². The Labute approximate surface area is 212 Å². The van der Waals surface area contributed by atoms with Crippen LogP contribution in [-0.2, 0) is 14.4 Å². The van der Waals surface area contributed by atoms with Crippen LogP contribution in [0.2, 0.25) is 0 Å². The minimum atomic E-state index is -0.818. The summed E-state index contributed by atoms with van der Waals surface area (Å²) in [7, 11) is 1.58. The lowest BCUT2D eigenvalue weighted by atomic mass is 9.69. The molecule has 36 heavy (non-hydrogen) atoms. The standard InChI is InChI=1S/C29H37N3O4/c1-5-17(3)23(16-33)32-26(28(35)31-21-13-11-19-9-7-8-10-20(19)15-21)22-14-12-18(6-2)24(27(34)30-4)25(22)29(32)36/h7-15,17-18,22-26,33H,5-6,16H2,1-4H3,(H,30,34)(H,31,35)/t17-,18+,22-,23-,24+,25+,26-/m0/s1. The average molecular weight is 492 g/mol. The Morgan fingerprint density at radius 3 is 2.42 bits per heavy atom. The number of hydrogen-bond donors (Lipinski definition) is 3. The number of nitrogens with zero attached hydrogens (tertiary/aromatic N) is 1. The molecule has 4 rings (SSSR count). The lowest BCUT2D eigenvalue weighted by Crippen LogP contribution is -2.52. The SMILES string of the molecule is CC[C@H](C)[C@H](CO)N1C(=O)[C@@H]2[C@H](C=C[C@@H](CC)[C@H]2C(=O)NC)[C@H]1C(=O)Nc1ccc2ccccc2c1. The number of hydrogen-bond acceptors (Lipinski definition) is 4. The summed E-state index contributed by atoms with van der Waals surface area (Å²) in [6.45, 7) is 5.74. The first-order valence-corrected chi connectivity index (χ1v) is 13.0. The van der Waals surface area contributed by atoms with Crippen LogP contribution in [0.15, 0.2) is 54.6 Å². The maximum atomic E-state index is 14.0. The fourth-order valence-corrected chi connectivity index (χ4v) is 6.01. The Balaban J connectivity index is 1.75. The van der Waals surface area contributed by atoms with E-state index in [1.54, 1.807) is 11.9 Å². The number of anilines is 1. The number of aliphatic hydroxyl groups excluding tert-OH is 1. The predicted octanol–water partition coefficient (Wildman–Crippen LogP) is 3.59. The molecule has 0 saturated carbocycles. The smallest absolute Gasteiger partial charge is 0.247 e. The maximum Gasteiger partial charge on any atom is 0.247 e. The summed E-state index contributed by atoms with van der Waals surface area (Å²) in [4.78, 5) is 42.5. The third-order valence-corrected chi connectivity index (χ3v) is 8.20. The molecule has 7 nitrogen and oxygen atoms in total. The molecule has 3 N–H and O–H groups in total. The number of carbonyl (C=O) groups excluding carboxylic acids is 3. The summed E-state index contributed by atoms with van der Waals surface area (Å²) < 4.78 is 0. The van der Waals surface area contributed by atoms with Gasteiger partial charge in [-0.1, -0.05) is 69.7 Å². The highest BCUT2D eigenvalue weighted by Gasteiger charge is 2.58. The average Bonchev–Trinajstić information content (AvgIpc) is 3.19. The van der Waals surface area contributed by atoms with Crippen molar-refractivity contribution in [2.75, 3.05) is 19.0 Å². The topological polar surface area (TPSA) is 98.7 Å². The van der Waals surface area contributed by atoms with Gasteiger partial charge in [0, 0.05) is 18.7 Å². The van der Waals surface area contributed by atoms with Crippen molar-refractivity contribution in [1.82, 2.24) is 10.2 Å². The number of nitrogens with one attached hydrogen (secondary N) is 2. The molecule has 1 heterocycles. The molecule has 2 aromatic rings. The summed E-state index contributed by atoms with van der Waals surface area (Å²) in [6, 6.07) is 12.3. The first-order chi connectivity index (χ1) is 17.4. The fourth-order valence-electron chi connectivity index (χ4n) is 6.01. The van der Waals surface area contributed by atoms with E-state index in [2.05, 4.69) is 10.6 Å². The molecule has 1 aliphatic carbocycles. The van der Waals surface area contributed by atoms with Crippen LogP contribution in [0.1, 0.15) is 33.6 Å². The Kier molecular flexibility index (Phi) is 7.79. The van der Waals surface area contributed by atoms with E-state index in [4.69, 9.17) is 0 Å². The highest BCUT2D eigenvalue weighted by Crippen LogP contribution is 2.46. The van der Waals surface area contributed by atoms with Crippen molar-refractivity contribution in [3.63, 3.8) is 0 Å². The van der Waals surface area contributed by atoms with Gasteiger partial charge in [-0.15, -0.1) is 0 Å². The van der Waals surface area contributed by atoms with E-state index in [0.29, 0.717) is 12.1 Å². The first-order valence-electron chi connectivity index (χ1n) is 13.0. The van der Waals surface area contributed by atoms with Gasteiger partial charge in [0.15, 0.2) is 0 Å². The lowest BCUT2D eigenvalue weighted by Gasteiger charge is -2.36. The quantitative estimate of drug-likeness (QED) is 0.492. The van der Waals surface area contributed by atoms with Gasteiger partial charge >= 0.3 is 0 Å². The molecule has 0 spiro atoms. The monoisotopic (exact) mass is 491 g/mol. The molecular weight excluding hydrogens is 454 g/mol. The van der Waals surface area contributed by atoms with Crippen LogP contribution in [0, 0.1) is 29.6 Å². The number of allylic oxidation sites excluding steroid dienone is 1. The first kappa shape index (κ1) is 25.9. The molecule has 1 aliphatic heterocycles. The molecule has 3 amide bonds. The molecule has 7 heteroatoms. The number of aliphatic hydroxyl groups is 1. The van der Waals surface area contributed by atoms with Gasteiger partial charge in [-0.25, -0.2) is 0 Å². The van der Waals surface area contributed by atoms with Crippen molar-refractivity contribution in [1.29, 1.82) is 0 Å². The van der Waals surface area contributed by atoms with Crippen molar-refractivity contribution in [3.05, 3.63) is 54.6 Å². The van der Waals surface area contributed by atoms with Crippen molar-refractivity contribution < 1.29 is 19.5 Å². The summed E-state index contributed by atoms with van der Waals surface area (Å²) >= 11 is 0. The van der Waals surface area contributed by atoms with E-state index in [1.807, 2.05) is 75.4 Å². The molecule has 1 fully saturated rings. The second kappa shape index (κ2) is 10.8. The summed E-state index contributed by atoms with van der Waals surface area (Å²) in [5.74, 6) is -2.48. The van der Waals surface area contributed by atoms with Crippen molar-refractivity contribution in [2.45, 2.75) is 45.7 Å². The number of carbonyl (C=O) groups is 3. The van der Waals surface area contributed by atoms with Crippen LogP contribution >= 0.6 is 0 Å². The van der Waals surface area contributed by atoms with Gasteiger partial charge in [0.1, 0.15) is 6.04 Å². The zero-order valence-electron chi connectivity index (χ0n) is 21.5. The van der Waals surface area contributed by atoms with Gasteiger partial charge in [-0.05, 0) is 41.2 Å². The largest absolute Gasteiger partial charge is 0.394 e. The molecular formula is C29H37N3O4. The van der Waals surface area contributed by atoms with Gasteiger partial charge in [-0.2, -0.15) is 0 Å². The van der Waals surface area contributed by atoms with Gasteiger partial charge < -0.3 is 20.6 Å². The minimum absolute atomic E-state index is 0.0144. The van der Waals surface area contributed by atoms with Crippen LogP contribution in [0.3, 0.4) is 0 Å². The molecule has 1 saturated heterocycles. The fraction of sp³-hybridized carbons (Fsp3) is 0.483. The third kappa shape index (κ3) is 4.52. The molecule has 0 unspecified atom stereocenters. The van der Waals surface area contributed by atoms with Crippen molar-refractivity contribution >= 4 is 34.2 Å². The van der Waals surface area contributed by atoms with E-state index < -0.39 is 29.8 Å². The predicted molar refractivity (Wildman–Crippen MR) is 141 cm³/mol. The van der Waals surface area contributed by atoms with Crippen molar-refractivity contribution in [2.24, 2.45) is 29.6 Å². The van der Waals surface area contributed by atoms with E-state index in [9.17, 15) is 19.5 Å². The number of amides is 3.